The number of hydrogen-bond donors (Lipinski definition) is 1. The largest absolute Gasteiger partial charge is 0.329 e. The first-order valence-corrected chi connectivity index (χ1v) is 6.20. The molecule has 0 bridgehead atoms. The lowest BCUT2D eigenvalue weighted by Crippen LogP contribution is -2.28. The molecule has 15 heavy (non-hydrogen) atoms. The number of likely N-dealkylation sites (N-methyl/N-ethyl adjacent to an activating group) is 1. The zero-order valence-corrected chi connectivity index (χ0v) is 11.2. The lowest BCUT2D eigenvalue weighted by molar-refractivity contribution is 0.288. The molecule has 4 heteroatoms. The molecular weight excluding hydrogens is 275 g/mol. The quantitative estimate of drug-likeness (QED) is 0.904. The number of halogens is 2. The lowest BCUT2D eigenvalue weighted by atomic mass is 10.2. The van der Waals surface area contributed by atoms with Crippen molar-refractivity contribution in [1.29, 1.82) is 0 Å². The summed E-state index contributed by atoms with van der Waals surface area (Å²) in [6.45, 7) is 5.66. The maximum Gasteiger partial charge on any atom is 0.0551 e. The first kappa shape index (κ1) is 13.0. The van der Waals surface area contributed by atoms with Gasteiger partial charge in [-0.05, 0) is 40.2 Å². The molecule has 0 fully saturated rings. The Kier molecular flexibility index (Phi) is 5.61. The fraction of sp³-hybridized carbons (Fsp3) is 0.455. The molecule has 1 aromatic carbocycles. The molecule has 0 amide bonds. The molecule has 0 aromatic heterocycles. The Labute approximate surface area is 105 Å². The summed E-state index contributed by atoms with van der Waals surface area (Å²) in [5, 5.41) is 0.760. The van der Waals surface area contributed by atoms with Crippen LogP contribution in [0.25, 0.3) is 0 Å². The van der Waals surface area contributed by atoms with Crippen LogP contribution in [0.1, 0.15) is 12.5 Å². The molecular formula is C11H16BrClN2. The third kappa shape index (κ3) is 4.11. The first-order chi connectivity index (χ1) is 7.17. The average molecular weight is 292 g/mol. The van der Waals surface area contributed by atoms with Crippen molar-refractivity contribution in [2.45, 2.75) is 13.5 Å². The minimum absolute atomic E-state index is 0.693. The van der Waals surface area contributed by atoms with Crippen LogP contribution in [0.15, 0.2) is 22.7 Å². The van der Waals surface area contributed by atoms with Crippen LogP contribution in [0.5, 0.6) is 0 Å². The highest BCUT2D eigenvalue weighted by molar-refractivity contribution is 9.10. The van der Waals surface area contributed by atoms with E-state index in [4.69, 9.17) is 17.3 Å². The van der Waals surface area contributed by atoms with E-state index in [1.54, 1.807) is 0 Å². The van der Waals surface area contributed by atoms with Crippen molar-refractivity contribution in [2.75, 3.05) is 19.6 Å². The summed E-state index contributed by atoms with van der Waals surface area (Å²) in [5.74, 6) is 0. The molecule has 0 aliphatic heterocycles. The van der Waals surface area contributed by atoms with Gasteiger partial charge in [0.25, 0.3) is 0 Å². The zero-order chi connectivity index (χ0) is 11.3. The summed E-state index contributed by atoms with van der Waals surface area (Å²) in [6.07, 6.45) is 0. The van der Waals surface area contributed by atoms with E-state index in [0.29, 0.717) is 6.54 Å². The molecule has 0 atom stereocenters. The minimum Gasteiger partial charge on any atom is -0.329 e. The van der Waals surface area contributed by atoms with Crippen LogP contribution in [0.2, 0.25) is 5.02 Å². The van der Waals surface area contributed by atoms with E-state index < -0.39 is 0 Å². The third-order valence-electron chi connectivity index (χ3n) is 2.28. The van der Waals surface area contributed by atoms with E-state index in [1.165, 1.54) is 5.56 Å². The summed E-state index contributed by atoms with van der Waals surface area (Å²) in [6, 6.07) is 6.05. The fourth-order valence-electron chi connectivity index (χ4n) is 1.43. The molecule has 1 aromatic rings. The molecule has 0 saturated carbocycles. The van der Waals surface area contributed by atoms with Gasteiger partial charge in [-0.1, -0.05) is 24.6 Å². The van der Waals surface area contributed by atoms with Gasteiger partial charge < -0.3 is 5.73 Å². The summed E-state index contributed by atoms with van der Waals surface area (Å²) in [4.78, 5) is 2.29. The standard InChI is InChI=1S/C11H16BrClN2/c1-2-15(6-5-14)8-9-3-4-10(12)11(13)7-9/h3-4,7H,2,5-6,8,14H2,1H3. The highest BCUT2D eigenvalue weighted by atomic mass is 79.9. The molecule has 0 spiro atoms. The monoisotopic (exact) mass is 290 g/mol. The summed E-state index contributed by atoms with van der Waals surface area (Å²) < 4.78 is 0.940. The highest BCUT2D eigenvalue weighted by Gasteiger charge is 2.04. The number of hydrogen-bond acceptors (Lipinski definition) is 2. The molecule has 0 aliphatic carbocycles. The Balaban J connectivity index is 2.66. The van der Waals surface area contributed by atoms with Crippen LogP contribution in [0.3, 0.4) is 0 Å². The van der Waals surface area contributed by atoms with E-state index in [0.717, 1.165) is 29.1 Å². The summed E-state index contributed by atoms with van der Waals surface area (Å²) >= 11 is 9.41. The van der Waals surface area contributed by atoms with Gasteiger partial charge in [0.2, 0.25) is 0 Å². The smallest absolute Gasteiger partial charge is 0.0551 e. The summed E-state index contributed by atoms with van der Waals surface area (Å²) in [7, 11) is 0. The Bertz CT molecular complexity index is 317. The van der Waals surface area contributed by atoms with Crippen LogP contribution in [-0.4, -0.2) is 24.5 Å². The van der Waals surface area contributed by atoms with Gasteiger partial charge in [0.15, 0.2) is 0 Å². The van der Waals surface area contributed by atoms with Crippen molar-refractivity contribution in [3.05, 3.63) is 33.3 Å². The second kappa shape index (κ2) is 6.48. The van der Waals surface area contributed by atoms with Gasteiger partial charge in [0.1, 0.15) is 0 Å². The van der Waals surface area contributed by atoms with Gasteiger partial charge >= 0.3 is 0 Å². The van der Waals surface area contributed by atoms with Crippen LogP contribution in [-0.2, 0) is 6.54 Å². The van der Waals surface area contributed by atoms with E-state index in [9.17, 15) is 0 Å². The van der Waals surface area contributed by atoms with Crippen LogP contribution in [0, 0.1) is 0 Å². The van der Waals surface area contributed by atoms with E-state index >= 15 is 0 Å². The Morgan fingerprint density at radius 3 is 2.73 bits per heavy atom. The Hall–Kier alpha value is -0.0900. The van der Waals surface area contributed by atoms with Gasteiger partial charge in [-0.2, -0.15) is 0 Å². The second-order valence-corrected chi connectivity index (χ2v) is 4.67. The van der Waals surface area contributed by atoms with E-state index in [2.05, 4.69) is 33.8 Å². The average Bonchev–Trinajstić information content (AvgIpc) is 2.23. The maximum atomic E-state index is 6.03. The van der Waals surface area contributed by atoms with Gasteiger partial charge in [-0.25, -0.2) is 0 Å². The molecule has 2 N–H and O–H groups in total. The maximum absolute atomic E-state index is 6.03. The molecule has 0 heterocycles. The fourth-order valence-corrected chi connectivity index (χ4v) is 1.88. The topological polar surface area (TPSA) is 29.3 Å². The van der Waals surface area contributed by atoms with Crippen LogP contribution in [0.4, 0.5) is 0 Å². The predicted molar refractivity (Wildman–Crippen MR) is 69.2 cm³/mol. The SMILES string of the molecule is CCN(CCN)Cc1ccc(Br)c(Cl)c1. The predicted octanol–water partition coefficient (Wildman–Crippen LogP) is 2.88. The first-order valence-electron chi connectivity index (χ1n) is 5.03. The molecule has 0 unspecified atom stereocenters. The van der Waals surface area contributed by atoms with Crippen LogP contribution < -0.4 is 5.73 Å². The van der Waals surface area contributed by atoms with Crippen molar-refractivity contribution < 1.29 is 0 Å². The number of nitrogens with two attached hydrogens (primary N) is 1. The third-order valence-corrected chi connectivity index (χ3v) is 3.52. The number of rotatable bonds is 5. The Morgan fingerprint density at radius 1 is 1.47 bits per heavy atom. The van der Waals surface area contributed by atoms with Gasteiger partial charge in [-0.15, -0.1) is 0 Å². The van der Waals surface area contributed by atoms with Crippen molar-refractivity contribution in [3.8, 4) is 0 Å². The van der Waals surface area contributed by atoms with E-state index in [-0.39, 0.29) is 0 Å². The normalized spacial score (nSPS) is 11.0. The van der Waals surface area contributed by atoms with E-state index in [1.807, 2.05) is 12.1 Å². The molecule has 84 valence electrons. The van der Waals surface area contributed by atoms with Gasteiger partial charge in [0, 0.05) is 24.1 Å². The van der Waals surface area contributed by atoms with Crippen LogP contribution >= 0.6 is 27.5 Å². The minimum atomic E-state index is 0.693. The number of benzene rings is 1. The second-order valence-electron chi connectivity index (χ2n) is 3.41. The molecule has 0 aliphatic rings. The van der Waals surface area contributed by atoms with Gasteiger partial charge in [0.05, 0.1) is 5.02 Å². The Morgan fingerprint density at radius 2 is 2.20 bits per heavy atom. The molecule has 0 radical (unpaired) electrons. The molecule has 0 saturated heterocycles. The highest BCUT2D eigenvalue weighted by Crippen LogP contribution is 2.23. The van der Waals surface area contributed by atoms with Crippen molar-refractivity contribution in [3.63, 3.8) is 0 Å². The van der Waals surface area contributed by atoms with Crippen molar-refractivity contribution in [1.82, 2.24) is 4.90 Å². The van der Waals surface area contributed by atoms with Crippen molar-refractivity contribution >= 4 is 27.5 Å². The van der Waals surface area contributed by atoms with Crippen molar-refractivity contribution in [2.24, 2.45) is 5.73 Å². The lowest BCUT2D eigenvalue weighted by Gasteiger charge is -2.19. The molecule has 1 rings (SSSR count). The summed E-state index contributed by atoms with van der Waals surface area (Å²) in [5.41, 5.74) is 6.76. The van der Waals surface area contributed by atoms with Gasteiger partial charge in [-0.3, -0.25) is 4.90 Å². The number of nitrogens with zero attached hydrogens (tertiary/aromatic N) is 1. The molecule has 2 nitrogen and oxygen atoms in total. The zero-order valence-electron chi connectivity index (χ0n) is 8.84.